The van der Waals surface area contributed by atoms with Crippen molar-refractivity contribution in [3.05, 3.63) is 53.6 Å². The lowest BCUT2D eigenvalue weighted by Gasteiger charge is -2.11. The lowest BCUT2D eigenvalue weighted by Crippen LogP contribution is -2.14. The molecule has 2 N–H and O–H groups in total. The Balaban J connectivity index is 1.77. The summed E-state index contributed by atoms with van der Waals surface area (Å²) in [7, 11) is -3.81. The van der Waals surface area contributed by atoms with Gasteiger partial charge in [0.25, 0.3) is 10.0 Å². The summed E-state index contributed by atoms with van der Waals surface area (Å²) in [5.41, 5.74) is 1.93. The number of ether oxygens (including phenoxy) is 1. The first-order valence-electron chi connectivity index (χ1n) is 8.01. The van der Waals surface area contributed by atoms with Crippen molar-refractivity contribution in [2.75, 3.05) is 10.0 Å². The second-order valence-corrected chi connectivity index (χ2v) is 7.86. The molecule has 26 heavy (non-hydrogen) atoms. The van der Waals surface area contributed by atoms with Gasteiger partial charge in [-0.3, -0.25) is 9.52 Å². The minimum atomic E-state index is -3.81. The summed E-state index contributed by atoms with van der Waals surface area (Å²) in [6.07, 6.45) is -0.0763. The molecule has 1 aliphatic rings. The molecule has 1 heterocycles. The van der Waals surface area contributed by atoms with Crippen molar-refractivity contribution in [1.29, 1.82) is 0 Å². The topological polar surface area (TPSA) is 102 Å². The van der Waals surface area contributed by atoms with Crippen molar-refractivity contribution in [2.24, 2.45) is 0 Å². The van der Waals surface area contributed by atoms with E-state index in [2.05, 4.69) is 10.0 Å². The van der Waals surface area contributed by atoms with Crippen LogP contribution in [-0.2, 0) is 26.0 Å². The number of sulfonamides is 1. The van der Waals surface area contributed by atoms with E-state index >= 15 is 0 Å². The molecule has 0 spiro atoms. The van der Waals surface area contributed by atoms with Gasteiger partial charge in [0.15, 0.2) is 0 Å². The van der Waals surface area contributed by atoms with Crippen LogP contribution in [0.1, 0.15) is 29.8 Å². The summed E-state index contributed by atoms with van der Waals surface area (Å²) in [4.78, 5) is 23.3. The van der Waals surface area contributed by atoms with E-state index in [-0.39, 0.29) is 23.3 Å². The Labute approximate surface area is 151 Å². The maximum Gasteiger partial charge on any atom is 0.338 e. The first-order chi connectivity index (χ1) is 12.2. The molecule has 0 radical (unpaired) electrons. The van der Waals surface area contributed by atoms with Crippen LogP contribution in [0.5, 0.6) is 0 Å². The third kappa shape index (κ3) is 3.85. The predicted molar refractivity (Wildman–Crippen MR) is 96.6 cm³/mol. The van der Waals surface area contributed by atoms with Gasteiger partial charge in [0, 0.05) is 11.4 Å². The van der Waals surface area contributed by atoms with Crippen molar-refractivity contribution in [2.45, 2.75) is 31.3 Å². The average molecular weight is 374 g/mol. The monoisotopic (exact) mass is 374 g/mol. The number of fused-ring (bicyclic) bond motifs is 1. The summed E-state index contributed by atoms with van der Waals surface area (Å²) in [5, 5.41) is 2.66. The fraction of sp³-hybridized carbons (Fsp3) is 0.222. The Morgan fingerprint density at radius 3 is 2.50 bits per heavy atom. The van der Waals surface area contributed by atoms with Crippen molar-refractivity contribution in [1.82, 2.24) is 0 Å². The molecular formula is C18H18N2O5S. The summed E-state index contributed by atoms with van der Waals surface area (Å²) in [5.74, 6) is -0.628. The minimum absolute atomic E-state index is 0.0658. The van der Waals surface area contributed by atoms with Crippen LogP contribution in [-0.4, -0.2) is 26.4 Å². The molecule has 0 bridgehead atoms. The van der Waals surface area contributed by atoms with E-state index in [1.807, 2.05) is 0 Å². The highest BCUT2D eigenvalue weighted by Gasteiger charge is 2.22. The van der Waals surface area contributed by atoms with Crippen molar-refractivity contribution in [3.8, 4) is 0 Å². The zero-order valence-electron chi connectivity index (χ0n) is 14.3. The fourth-order valence-electron chi connectivity index (χ4n) is 2.54. The number of carbonyl (C=O) groups is 2. The van der Waals surface area contributed by atoms with Crippen molar-refractivity contribution >= 4 is 33.3 Å². The number of amides is 1. The number of hydrogen-bond donors (Lipinski definition) is 2. The zero-order chi connectivity index (χ0) is 18.9. The zero-order valence-corrected chi connectivity index (χ0v) is 15.1. The first-order valence-corrected chi connectivity index (χ1v) is 9.49. The second-order valence-electron chi connectivity index (χ2n) is 6.18. The molecule has 136 valence electrons. The van der Waals surface area contributed by atoms with Gasteiger partial charge in [0.1, 0.15) is 0 Å². The van der Waals surface area contributed by atoms with Gasteiger partial charge in [-0.25, -0.2) is 13.2 Å². The Morgan fingerprint density at radius 2 is 1.85 bits per heavy atom. The number of esters is 1. The standard InChI is InChI=1S/C18H18N2O5S/c1-11(2)25-18(22)12-3-5-14(6-4-12)20-26(23,24)15-7-8-16-13(9-15)10-17(21)19-16/h3-9,11,20H,10H2,1-2H3,(H,19,21). The van der Waals surface area contributed by atoms with Crippen LogP contribution >= 0.6 is 0 Å². The van der Waals surface area contributed by atoms with Gasteiger partial charge in [0.05, 0.1) is 23.0 Å². The summed E-state index contributed by atoms with van der Waals surface area (Å²) < 4.78 is 32.6. The van der Waals surface area contributed by atoms with Gasteiger partial charge in [-0.05, 0) is 61.9 Å². The normalized spacial score (nSPS) is 13.3. The molecule has 0 saturated heterocycles. The number of carbonyl (C=O) groups excluding carboxylic acids is 2. The lowest BCUT2D eigenvalue weighted by atomic mass is 10.2. The van der Waals surface area contributed by atoms with Crippen LogP contribution in [0.2, 0.25) is 0 Å². The highest BCUT2D eigenvalue weighted by Crippen LogP contribution is 2.26. The number of hydrogen-bond acceptors (Lipinski definition) is 5. The maximum atomic E-state index is 12.5. The number of anilines is 2. The first kappa shape index (κ1) is 17.9. The minimum Gasteiger partial charge on any atom is -0.459 e. The number of rotatable bonds is 5. The van der Waals surface area contributed by atoms with Crippen LogP contribution < -0.4 is 10.0 Å². The van der Waals surface area contributed by atoms with Crippen LogP contribution in [0.3, 0.4) is 0 Å². The third-order valence-corrected chi connectivity index (χ3v) is 5.11. The highest BCUT2D eigenvalue weighted by molar-refractivity contribution is 7.92. The van der Waals surface area contributed by atoms with E-state index in [9.17, 15) is 18.0 Å². The van der Waals surface area contributed by atoms with Crippen LogP contribution in [0.15, 0.2) is 47.4 Å². The second kappa shape index (κ2) is 6.80. The average Bonchev–Trinajstić information content (AvgIpc) is 2.93. The molecule has 3 rings (SSSR count). The Morgan fingerprint density at radius 1 is 1.15 bits per heavy atom. The molecule has 0 unspecified atom stereocenters. The molecule has 0 aliphatic carbocycles. The number of nitrogens with one attached hydrogen (secondary N) is 2. The van der Waals surface area contributed by atoms with Gasteiger partial charge >= 0.3 is 5.97 Å². The molecule has 0 aromatic heterocycles. The van der Waals surface area contributed by atoms with Gasteiger partial charge < -0.3 is 10.1 Å². The summed E-state index contributed by atoms with van der Waals surface area (Å²) in [6.45, 7) is 3.50. The van der Waals surface area contributed by atoms with Crippen LogP contribution in [0.25, 0.3) is 0 Å². The van der Waals surface area contributed by atoms with Crippen LogP contribution in [0.4, 0.5) is 11.4 Å². The SMILES string of the molecule is CC(C)OC(=O)c1ccc(NS(=O)(=O)c2ccc3c(c2)CC(=O)N3)cc1. The summed E-state index contributed by atoms with van der Waals surface area (Å²) >= 11 is 0. The molecular weight excluding hydrogens is 356 g/mol. The molecule has 1 aliphatic heterocycles. The molecule has 1 amide bonds. The van der Waals surface area contributed by atoms with E-state index in [0.29, 0.717) is 22.5 Å². The number of benzene rings is 2. The van der Waals surface area contributed by atoms with Crippen molar-refractivity contribution in [3.63, 3.8) is 0 Å². The quantitative estimate of drug-likeness (QED) is 0.783. The molecule has 8 heteroatoms. The molecule has 2 aromatic rings. The largest absolute Gasteiger partial charge is 0.459 e. The van der Waals surface area contributed by atoms with E-state index < -0.39 is 16.0 Å². The Hall–Kier alpha value is -2.87. The molecule has 7 nitrogen and oxygen atoms in total. The van der Waals surface area contributed by atoms with Gasteiger partial charge in [-0.15, -0.1) is 0 Å². The van der Waals surface area contributed by atoms with E-state index in [0.717, 1.165) is 0 Å². The third-order valence-electron chi connectivity index (χ3n) is 3.73. The van der Waals surface area contributed by atoms with Gasteiger partial charge in [0.2, 0.25) is 5.91 Å². The van der Waals surface area contributed by atoms with E-state index in [1.54, 1.807) is 19.9 Å². The predicted octanol–water partition coefficient (Wildman–Crippen LogP) is 2.55. The van der Waals surface area contributed by atoms with E-state index in [4.69, 9.17) is 4.74 Å². The van der Waals surface area contributed by atoms with E-state index in [1.165, 1.54) is 36.4 Å². The lowest BCUT2D eigenvalue weighted by molar-refractivity contribution is -0.115. The smallest absolute Gasteiger partial charge is 0.338 e. The van der Waals surface area contributed by atoms with Gasteiger partial charge in [-0.1, -0.05) is 0 Å². The summed E-state index contributed by atoms with van der Waals surface area (Å²) in [6, 6.07) is 10.5. The molecule has 0 fully saturated rings. The Kier molecular flexibility index (Phi) is 4.69. The fourth-order valence-corrected chi connectivity index (χ4v) is 3.65. The maximum absolute atomic E-state index is 12.5. The van der Waals surface area contributed by atoms with Gasteiger partial charge in [-0.2, -0.15) is 0 Å². The highest BCUT2D eigenvalue weighted by atomic mass is 32.2. The van der Waals surface area contributed by atoms with Crippen molar-refractivity contribution < 1.29 is 22.7 Å². The van der Waals surface area contributed by atoms with Crippen LogP contribution in [0, 0.1) is 0 Å². The molecule has 0 saturated carbocycles. The molecule has 0 atom stereocenters. The Bertz CT molecular complexity index is 966. The molecule has 2 aromatic carbocycles.